The molecule has 0 heterocycles. The van der Waals surface area contributed by atoms with Crippen molar-refractivity contribution >= 4 is 24.4 Å². The molecule has 21 heavy (non-hydrogen) atoms. The molecular weight excluding hydrogens is 272 g/mol. The Balaban J connectivity index is 2.62. The van der Waals surface area contributed by atoms with Crippen molar-refractivity contribution in [3.63, 3.8) is 0 Å². The third-order valence-electron chi connectivity index (χ3n) is 2.70. The lowest BCUT2D eigenvalue weighted by Crippen LogP contribution is -2.46. The van der Waals surface area contributed by atoms with Crippen LogP contribution in [0.2, 0.25) is 0 Å². The van der Waals surface area contributed by atoms with Crippen molar-refractivity contribution in [3.05, 3.63) is 35.9 Å². The molecule has 0 saturated carbocycles. The highest BCUT2D eigenvalue weighted by atomic mass is 16.2. The molecule has 0 aliphatic carbocycles. The van der Waals surface area contributed by atoms with E-state index in [0.29, 0.717) is 6.42 Å². The summed E-state index contributed by atoms with van der Waals surface area (Å²) in [7, 11) is 0. The monoisotopic (exact) mass is 290 g/mol. The van der Waals surface area contributed by atoms with Gasteiger partial charge in [0.1, 0.15) is 6.04 Å². The third kappa shape index (κ3) is 5.96. The zero-order chi connectivity index (χ0) is 15.7. The zero-order valence-corrected chi connectivity index (χ0v) is 11.5. The molecule has 4 N–H and O–H groups in total. The van der Waals surface area contributed by atoms with E-state index in [4.69, 9.17) is 5.73 Å². The van der Waals surface area contributed by atoms with Gasteiger partial charge in [-0.1, -0.05) is 30.3 Å². The summed E-state index contributed by atoms with van der Waals surface area (Å²) >= 11 is 0. The topological polar surface area (TPSA) is 114 Å². The molecule has 1 rings (SSSR count). The van der Waals surface area contributed by atoms with Crippen LogP contribution < -0.4 is 16.4 Å². The number of rotatable bonds is 7. The summed E-state index contributed by atoms with van der Waals surface area (Å²) in [5.74, 6) is -1.47. The Morgan fingerprint density at radius 3 is 2.43 bits per heavy atom. The number of aliphatic imine (C=N–C) groups is 1. The smallest absolute Gasteiger partial charge is 0.267 e. The summed E-state index contributed by atoms with van der Waals surface area (Å²) in [6.45, 7) is 2.74. The van der Waals surface area contributed by atoms with Crippen LogP contribution in [0.5, 0.6) is 0 Å². The van der Waals surface area contributed by atoms with E-state index in [0.717, 1.165) is 5.56 Å². The van der Waals surface area contributed by atoms with Crippen LogP contribution in [0.15, 0.2) is 35.3 Å². The highest BCUT2D eigenvalue weighted by Gasteiger charge is 2.20. The number of nitrogens with one attached hydrogen (secondary N) is 2. The molecule has 0 aliphatic heterocycles. The first-order chi connectivity index (χ1) is 10.1. The fourth-order valence-corrected chi connectivity index (χ4v) is 1.66. The average Bonchev–Trinajstić information content (AvgIpc) is 2.52. The molecule has 0 aliphatic rings. The minimum Gasteiger partial charge on any atom is -0.346 e. The number of carbonyl (C=O) groups is 3. The standard InChI is InChI=1S/C14H18N4O3/c1-16-14(21)11(7-10-5-3-2-4-6-10)18-13(20)9-17-12(19)8-15/h2-6,11H,1,7-9,15H2,(H,17,19)(H,18,20)/t11-/m0/s1. The fraction of sp³-hybridized carbons (Fsp3) is 0.286. The van der Waals surface area contributed by atoms with Gasteiger partial charge in [-0.25, -0.2) is 4.99 Å². The second-order valence-electron chi connectivity index (χ2n) is 4.29. The van der Waals surface area contributed by atoms with Crippen LogP contribution in [0.4, 0.5) is 0 Å². The van der Waals surface area contributed by atoms with Crippen LogP contribution in [0, 0.1) is 0 Å². The normalized spacial score (nSPS) is 11.3. The van der Waals surface area contributed by atoms with Gasteiger partial charge >= 0.3 is 0 Å². The van der Waals surface area contributed by atoms with Crippen LogP contribution in [0.3, 0.4) is 0 Å². The molecule has 3 amide bonds. The van der Waals surface area contributed by atoms with Gasteiger partial charge in [-0.2, -0.15) is 0 Å². The Kier molecular flexibility index (Phi) is 6.76. The molecule has 0 fully saturated rings. The van der Waals surface area contributed by atoms with Gasteiger partial charge in [0.15, 0.2) is 0 Å². The number of carbonyl (C=O) groups excluding carboxylic acids is 3. The Morgan fingerprint density at radius 2 is 1.86 bits per heavy atom. The molecule has 1 aromatic rings. The number of amides is 3. The van der Waals surface area contributed by atoms with E-state index in [-0.39, 0.29) is 13.1 Å². The van der Waals surface area contributed by atoms with E-state index >= 15 is 0 Å². The second-order valence-corrected chi connectivity index (χ2v) is 4.29. The van der Waals surface area contributed by atoms with E-state index in [2.05, 4.69) is 22.3 Å². The van der Waals surface area contributed by atoms with Crippen molar-refractivity contribution in [1.29, 1.82) is 0 Å². The van der Waals surface area contributed by atoms with E-state index in [1.807, 2.05) is 30.3 Å². The number of nitrogens with zero attached hydrogens (tertiary/aromatic N) is 1. The highest BCUT2D eigenvalue weighted by molar-refractivity contribution is 5.92. The van der Waals surface area contributed by atoms with E-state index < -0.39 is 23.8 Å². The predicted molar refractivity (Wildman–Crippen MR) is 78.7 cm³/mol. The van der Waals surface area contributed by atoms with Gasteiger partial charge in [-0.3, -0.25) is 14.4 Å². The van der Waals surface area contributed by atoms with E-state index in [1.165, 1.54) is 0 Å². The van der Waals surface area contributed by atoms with Crippen molar-refractivity contribution in [3.8, 4) is 0 Å². The molecule has 7 heteroatoms. The van der Waals surface area contributed by atoms with Crippen LogP contribution in [-0.4, -0.2) is 43.6 Å². The molecule has 0 saturated heterocycles. The molecule has 7 nitrogen and oxygen atoms in total. The Bertz CT molecular complexity index is 516. The maximum atomic E-state index is 11.7. The van der Waals surface area contributed by atoms with E-state index in [1.54, 1.807) is 0 Å². The average molecular weight is 290 g/mol. The minimum absolute atomic E-state index is 0.201. The van der Waals surface area contributed by atoms with Crippen molar-refractivity contribution in [2.24, 2.45) is 10.7 Å². The molecule has 1 atom stereocenters. The van der Waals surface area contributed by atoms with Gasteiger partial charge in [0.25, 0.3) is 5.91 Å². The molecule has 0 radical (unpaired) electrons. The SMILES string of the molecule is C=NC(=O)[C@H](Cc1ccccc1)NC(=O)CNC(=O)CN. The Labute approximate surface area is 122 Å². The number of nitrogens with two attached hydrogens (primary N) is 1. The lowest BCUT2D eigenvalue weighted by atomic mass is 10.1. The maximum absolute atomic E-state index is 11.7. The largest absolute Gasteiger partial charge is 0.346 e. The first-order valence-electron chi connectivity index (χ1n) is 6.37. The van der Waals surface area contributed by atoms with Gasteiger partial charge in [0.2, 0.25) is 11.8 Å². The van der Waals surface area contributed by atoms with Gasteiger partial charge in [-0.15, -0.1) is 0 Å². The molecule has 0 aromatic heterocycles. The summed E-state index contributed by atoms with van der Waals surface area (Å²) in [6.07, 6.45) is 0.301. The van der Waals surface area contributed by atoms with Crippen LogP contribution in [0.25, 0.3) is 0 Å². The van der Waals surface area contributed by atoms with Crippen LogP contribution in [0.1, 0.15) is 5.56 Å². The quantitative estimate of drug-likeness (QED) is 0.560. The minimum atomic E-state index is -0.813. The van der Waals surface area contributed by atoms with Gasteiger partial charge in [0, 0.05) is 6.42 Å². The lowest BCUT2D eigenvalue weighted by molar-refractivity contribution is -0.128. The van der Waals surface area contributed by atoms with Crippen molar-refractivity contribution in [2.45, 2.75) is 12.5 Å². The summed E-state index contributed by atoms with van der Waals surface area (Å²) in [4.78, 5) is 37.7. The molecule has 0 spiro atoms. The molecular formula is C14H18N4O3. The number of benzene rings is 1. The molecule has 0 bridgehead atoms. The maximum Gasteiger partial charge on any atom is 0.267 e. The lowest BCUT2D eigenvalue weighted by Gasteiger charge is -2.15. The first-order valence-corrected chi connectivity index (χ1v) is 6.37. The summed E-state index contributed by atoms with van der Waals surface area (Å²) in [5, 5.41) is 4.84. The van der Waals surface area contributed by atoms with Gasteiger partial charge in [-0.05, 0) is 12.3 Å². The third-order valence-corrected chi connectivity index (χ3v) is 2.70. The van der Waals surface area contributed by atoms with Gasteiger partial charge in [0.05, 0.1) is 13.1 Å². The zero-order valence-electron chi connectivity index (χ0n) is 11.5. The molecule has 1 aromatic carbocycles. The Morgan fingerprint density at radius 1 is 1.19 bits per heavy atom. The molecule has 112 valence electrons. The molecule has 0 unspecified atom stereocenters. The first kappa shape index (κ1) is 16.5. The number of hydrogen-bond donors (Lipinski definition) is 3. The van der Waals surface area contributed by atoms with Crippen LogP contribution >= 0.6 is 0 Å². The second kappa shape index (κ2) is 8.60. The van der Waals surface area contributed by atoms with Crippen molar-refractivity contribution in [1.82, 2.24) is 10.6 Å². The number of hydrogen-bond acceptors (Lipinski definition) is 4. The van der Waals surface area contributed by atoms with Crippen LogP contribution in [-0.2, 0) is 20.8 Å². The predicted octanol–water partition coefficient (Wildman–Crippen LogP) is -0.984. The highest BCUT2D eigenvalue weighted by Crippen LogP contribution is 2.04. The van der Waals surface area contributed by atoms with Gasteiger partial charge < -0.3 is 16.4 Å². The fourth-order valence-electron chi connectivity index (χ4n) is 1.66. The Hall–Kier alpha value is -2.54. The van der Waals surface area contributed by atoms with Crippen molar-refractivity contribution < 1.29 is 14.4 Å². The summed E-state index contributed by atoms with van der Waals surface area (Å²) < 4.78 is 0. The van der Waals surface area contributed by atoms with E-state index in [9.17, 15) is 14.4 Å². The van der Waals surface area contributed by atoms with Crippen molar-refractivity contribution in [2.75, 3.05) is 13.1 Å². The summed E-state index contributed by atoms with van der Waals surface area (Å²) in [6, 6.07) is 8.39. The summed E-state index contributed by atoms with van der Waals surface area (Å²) in [5.41, 5.74) is 5.99.